The van der Waals surface area contributed by atoms with Crippen molar-refractivity contribution in [2.45, 2.75) is 32.2 Å². The minimum atomic E-state index is 0.0630. The molecule has 0 bridgehead atoms. The predicted molar refractivity (Wildman–Crippen MR) is 104 cm³/mol. The number of carbonyl (C=O) groups excluding carboxylic acids is 1. The molecule has 4 rings (SSSR count). The molecule has 0 radical (unpaired) electrons. The summed E-state index contributed by atoms with van der Waals surface area (Å²) in [6.45, 7) is 7.49. The topological polar surface area (TPSA) is 74.5 Å². The van der Waals surface area contributed by atoms with E-state index < -0.39 is 0 Å². The fourth-order valence-corrected chi connectivity index (χ4v) is 4.52. The highest BCUT2D eigenvalue weighted by molar-refractivity contribution is 7.13. The molecule has 2 atom stereocenters. The molecular formula is C19H27N5O2S. The zero-order valence-electron chi connectivity index (χ0n) is 15.8. The SMILES string of the molecule is CC(c1nc(-c2cccs2)no1)N1CCN(C(=O)CCC2CCNC2)CC1. The second kappa shape index (κ2) is 8.50. The van der Waals surface area contributed by atoms with Gasteiger partial charge in [0.05, 0.1) is 10.9 Å². The molecule has 0 spiro atoms. The molecule has 2 saturated heterocycles. The van der Waals surface area contributed by atoms with E-state index in [2.05, 4.69) is 27.3 Å². The Morgan fingerprint density at radius 3 is 2.96 bits per heavy atom. The highest BCUT2D eigenvalue weighted by Gasteiger charge is 2.28. The molecule has 7 nitrogen and oxygen atoms in total. The van der Waals surface area contributed by atoms with Crippen LogP contribution < -0.4 is 5.32 Å². The van der Waals surface area contributed by atoms with Crippen LogP contribution in [-0.4, -0.2) is 65.1 Å². The Hall–Kier alpha value is -1.77. The van der Waals surface area contributed by atoms with Crippen LogP contribution in [0.2, 0.25) is 0 Å². The van der Waals surface area contributed by atoms with E-state index in [1.54, 1.807) is 11.3 Å². The van der Waals surface area contributed by atoms with E-state index >= 15 is 0 Å². The Balaban J connectivity index is 1.26. The number of piperazine rings is 1. The van der Waals surface area contributed by atoms with Crippen LogP contribution in [0.4, 0.5) is 0 Å². The summed E-state index contributed by atoms with van der Waals surface area (Å²) in [4.78, 5) is 22.4. The van der Waals surface area contributed by atoms with Gasteiger partial charge in [0.2, 0.25) is 17.6 Å². The molecule has 146 valence electrons. The van der Waals surface area contributed by atoms with Gasteiger partial charge in [-0.2, -0.15) is 4.98 Å². The predicted octanol–water partition coefficient (Wildman–Crippen LogP) is 2.39. The molecule has 0 saturated carbocycles. The maximum Gasteiger partial charge on any atom is 0.244 e. The molecule has 2 unspecified atom stereocenters. The van der Waals surface area contributed by atoms with Crippen molar-refractivity contribution in [2.24, 2.45) is 5.92 Å². The molecule has 2 aromatic rings. The van der Waals surface area contributed by atoms with Crippen molar-refractivity contribution >= 4 is 17.2 Å². The molecule has 0 aromatic carbocycles. The molecule has 2 aromatic heterocycles. The van der Waals surface area contributed by atoms with Gasteiger partial charge >= 0.3 is 0 Å². The molecule has 2 aliphatic rings. The van der Waals surface area contributed by atoms with Gasteiger partial charge in [-0.1, -0.05) is 11.2 Å². The second-order valence-corrected chi connectivity index (χ2v) is 8.37. The van der Waals surface area contributed by atoms with E-state index in [4.69, 9.17) is 4.52 Å². The number of hydrogen-bond donors (Lipinski definition) is 1. The minimum absolute atomic E-state index is 0.0630. The Bertz CT molecular complexity index is 733. The zero-order valence-corrected chi connectivity index (χ0v) is 16.6. The van der Waals surface area contributed by atoms with Crippen molar-refractivity contribution in [3.63, 3.8) is 0 Å². The van der Waals surface area contributed by atoms with Crippen LogP contribution in [0.3, 0.4) is 0 Å². The van der Waals surface area contributed by atoms with Crippen LogP contribution in [-0.2, 0) is 4.79 Å². The highest BCUT2D eigenvalue weighted by atomic mass is 32.1. The van der Waals surface area contributed by atoms with Crippen molar-refractivity contribution in [3.05, 3.63) is 23.4 Å². The zero-order chi connectivity index (χ0) is 18.6. The minimum Gasteiger partial charge on any atom is -0.340 e. The van der Waals surface area contributed by atoms with Gasteiger partial charge in [0.25, 0.3) is 0 Å². The Kier molecular flexibility index (Phi) is 5.85. The van der Waals surface area contributed by atoms with Gasteiger partial charge in [0.1, 0.15) is 0 Å². The van der Waals surface area contributed by atoms with E-state index in [9.17, 15) is 4.79 Å². The lowest BCUT2D eigenvalue weighted by molar-refractivity contribution is -0.133. The average Bonchev–Trinajstić information content (AvgIpc) is 3.47. The van der Waals surface area contributed by atoms with Crippen molar-refractivity contribution in [2.75, 3.05) is 39.3 Å². The number of aromatic nitrogens is 2. The maximum absolute atomic E-state index is 12.5. The third-order valence-corrected chi connectivity index (χ3v) is 6.55. The van der Waals surface area contributed by atoms with Gasteiger partial charge in [-0.05, 0) is 50.2 Å². The largest absolute Gasteiger partial charge is 0.340 e. The summed E-state index contributed by atoms with van der Waals surface area (Å²) in [6.07, 6.45) is 2.89. The van der Waals surface area contributed by atoms with Gasteiger partial charge in [-0.3, -0.25) is 9.69 Å². The molecule has 1 N–H and O–H groups in total. The van der Waals surface area contributed by atoms with Crippen LogP contribution >= 0.6 is 11.3 Å². The fourth-order valence-electron chi connectivity index (χ4n) is 3.87. The number of hydrogen-bond acceptors (Lipinski definition) is 7. The number of carbonyl (C=O) groups is 1. The van der Waals surface area contributed by atoms with Crippen LogP contribution in [0.1, 0.15) is 38.1 Å². The average molecular weight is 390 g/mol. The van der Waals surface area contributed by atoms with E-state index in [1.807, 2.05) is 22.4 Å². The lowest BCUT2D eigenvalue weighted by Crippen LogP contribution is -2.49. The molecule has 4 heterocycles. The lowest BCUT2D eigenvalue weighted by Gasteiger charge is -2.37. The van der Waals surface area contributed by atoms with Gasteiger partial charge in [-0.25, -0.2) is 0 Å². The lowest BCUT2D eigenvalue weighted by atomic mass is 10.0. The number of nitrogens with zero attached hydrogens (tertiary/aromatic N) is 4. The number of thiophene rings is 1. The maximum atomic E-state index is 12.5. The molecule has 1 amide bonds. The number of rotatable bonds is 6. The van der Waals surface area contributed by atoms with E-state index in [1.165, 1.54) is 6.42 Å². The first kappa shape index (κ1) is 18.6. The van der Waals surface area contributed by atoms with Crippen molar-refractivity contribution in [3.8, 4) is 10.7 Å². The van der Waals surface area contributed by atoms with E-state index in [0.717, 1.165) is 50.6 Å². The standard InChI is InChI=1S/C19H27N5O2S/c1-14(19-21-18(22-26-19)16-3-2-12-27-16)23-8-10-24(11-9-23)17(25)5-4-15-6-7-20-13-15/h2-3,12,14-15,20H,4-11,13H2,1H3. The molecular weight excluding hydrogens is 362 g/mol. The first-order valence-electron chi connectivity index (χ1n) is 9.80. The third kappa shape index (κ3) is 4.39. The van der Waals surface area contributed by atoms with Crippen molar-refractivity contribution in [1.29, 1.82) is 0 Å². The molecule has 8 heteroatoms. The number of nitrogens with one attached hydrogen (secondary N) is 1. The quantitative estimate of drug-likeness (QED) is 0.818. The summed E-state index contributed by atoms with van der Waals surface area (Å²) >= 11 is 1.61. The van der Waals surface area contributed by atoms with E-state index in [-0.39, 0.29) is 6.04 Å². The monoisotopic (exact) mass is 389 g/mol. The van der Waals surface area contributed by atoms with E-state index in [0.29, 0.717) is 30.0 Å². The van der Waals surface area contributed by atoms with Gasteiger partial charge < -0.3 is 14.7 Å². The molecule has 0 aliphatic carbocycles. The van der Waals surface area contributed by atoms with Crippen LogP contribution in [0, 0.1) is 5.92 Å². The summed E-state index contributed by atoms with van der Waals surface area (Å²) in [5.41, 5.74) is 0. The van der Waals surface area contributed by atoms with Crippen LogP contribution in [0.25, 0.3) is 10.7 Å². The first-order valence-corrected chi connectivity index (χ1v) is 10.7. The molecule has 2 fully saturated rings. The first-order chi connectivity index (χ1) is 13.2. The van der Waals surface area contributed by atoms with Crippen LogP contribution in [0.15, 0.2) is 22.0 Å². The Morgan fingerprint density at radius 2 is 2.26 bits per heavy atom. The summed E-state index contributed by atoms with van der Waals surface area (Å²) in [5, 5.41) is 9.49. The summed E-state index contributed by atoms with van der Waals surface area (Å²) in [7, 11) is 0. The third-order valence-electron chi connectivity index (χ3n) is 5.68. The summed E-state index contributed by atoms with van der Waals surface area (Å²) in [6, 6.07) is 4.04. The summed E-state index contributed by atoms with van der Waals surface area (Å²) < 4.78 is 5.49. The fraction of sp³-hybridized carbons (Fsp3) is 0.632. The Labute approximate surface area is 163 Å². The normalized spacial score (nSPS) is 22.3. The smallest absolute Gasteiger partial charge is 0.244 e. The van der Waals surface area contributed by atoms with Crippen LogP contribution in [0.5, 0.6) is 0 Å². The highest BCUT2D eigenvalue weighted by Crippen LogP contribution is 2.26. The Morgan fingerprint density at radius 1 is 1.41 bits per heavy atom. The van der Waals surface area contributed by atoms with Gasteiger partial charge in [0, 0.05) is 32.6 Å². The number of amides is 1. The second-order valence-electron chi connectivity index (χ2n) is 7.42. The van der Waals surface area contributed by atoms with Crippen molar-refractivity contribution < 1.29 is 9.32 Å². The van der Waals surface area contributed by atoms with Gasteiger partial charge in [-0.15, -0.1) is 11.3 Å². The van der Waals surface area contributed by atoms with Crippen molar-refractivity contribution in [1.82, 2.24) is 25.3 Å². The molecule has 2 aliphatic heterocycles. The van der Waals surface area contributed by atoms with Gasteiger partial charge in [0.15, 0.2) is 0 Å². The summed E-state index contributed by atoms with van der Waals surface area (Å²) in [5.74, 6) is 2.27. The molecule has 27 heavy (non-hydrogen) atoms.